The van der Waals surface area contributed by atoms with E-state index in [1.807, 2.05) is 24.4 Å². The predicted octanol–water partition coefficient (Wildman–Crippen LogP) is 5.99. The van der Waals surface area contributed by atoms with Crippen LogP contribution in [0.15, 0.2) is 73.1 Å². The highest BCUT2D eigenvalue weighted by atomic mass is 19.1. The van der Waals surface area contributed by atoms with Crippen LogP contribution in [0.5, 0.6) is 0 Å². The van der Waals surface area contributed by atoms with E-state index in [2.05, 4.69) is 68.9 Å². The standard InChI is InChI=1S/C27H24FN2/c1-17-14-24-23(21-6-5-12-29-26(21)27(24,2)3)16-22(17)25-15-19(11-13-30(25)4)18-7-9-20(28)10-8-18/h5-16H,1-4H3/q+1. The number of aromatic nitrogens is 2. The Hall–Kier alpha value is -3.33. The number of hydrogen-bond acceptors (Lipinski definition) is 1. The van der Waals surface area contributed by atoms with E-state index in [0.29, 0.717) is 0 Å². The Morgan fingerprint density at radius 2 is 1.63 bits per heavy atom. The third-order valence-electron chi connectivity index (χ3n) is 6.33. The van der Waals surface area contributed by atoms with Crippen LogP contribution in [0.2, 0.25) is 0 Å². The zero-order valence-electron chi connectivity index (χ0n) is 17.7. The summed E-state index contributed by atoms with van der Waals surface area (Å²) in [5.41, 5.74) is 10.5. The summed E-state index contributed by atoms with van der Waals surface area (Å²) < 4.78 is 15.5. The maximum absolute atomic E-state index is 13.4. The average Bonchev–Trinajstić information content (AvgIpc) is 2.96. The van der Waals surface area contributed by atoms with Gasteiger partial charge in [-0.05, 0) is 59.0 Å². The van der Waals surface area contributed by atoms with Crippen molar-refractivity contribution >= 4 is 0 Å². The second-order valence-corrected chi connectivity index (χ2v) is 8.66. The van der Waals surface area contributed by atoms with Crippen LogP contribution in [0, 0.1) is 12.7 Å². The molecule has 2 nitrogen and oxygen atoms in total. The Morgan fingerprint density at radius 1 is 0.867 bits per heavy atom. The van der Waals surface area contributed by atoms with Gasteiger partial charge in [0.05, 0.1) is 5.69 Å². The molecule has 0 amide bonds. The number of pyridine rings is 2. The average molecular weight is 396 g/mol. The number of nitrogens with zero attached hydrogens (tertiary/aromatic N) is 2. The third kappa shape index (κ3) is 2.77. The highest BCUT2D eigenvalue weighted by Gasteiger charge is 2.37. The van der Waals surface area contributed by atoms with Gasteiger partial charge in [0.25, 0.3) is 0 Å². The van der Waals surface area contributed by atoms with Gasteiger partial charge in [-0.25, -0.2) is 8.96 Å². The highest BCUT2D eigenvalue weighted by Crippen LogP contribution is 2.49. The molecule has 0 radical (unpaired) electrons. The fourth-order valence-corrected chi connectivity index (χ4v) is 4.63. The van der Waals surface area contributed by atoms with E-state index in [0.717, 1.165) is 22.5 Å². The molecule has 30 heavy (non-hydrogen) atoms. The van der Waals surface area contributed by atoms with Crippen molar-refractivity contribution in [3.8, 4) is 33.5 Å². The fraction of sp³-hybridized carbons (Fsp3) is 0.185. The first-order valence-electron chi connectivity index (χ1n) is 10.2. The Labute approximate surface area is 176 Å². The smallest absolute Gasteiger partial charge is 0.213 e. The summed E-state index contributed by atoms with van der Waals surface area (Å²) in [7, 11) is 2.07. The molecule has 4 aromatic rings. The van der Waals surface area contributed by atoms with E-state index < -0.39 is 0 Å². The number of benzene rings is 2. The summed E-state index contributed by atoms with van der Waals surface area (Å²) in [5.74, 6) is -0.218. The first kappa shape index (κ1) is 18.7. The Morgan fingerprint density at radius 3 is 2.40 bits per heavy atom. The second-order valence-electron chi connectivity index (χ2n) is 8.66. The molecule has 0 bridgehead atoms. The lowest BCUT2D eigenvalue weighted by molar-refractivity contribution is -0.660. The predicted molar refractivity (Wildman–Crippen MR) is 119 cm³/mol. The molecule has 5 rings (SSSR count). The quantitative estimate of drug-likeness (QED) is 0.381. The lowest BCUT2D eigenvalue weighted by atomic mass is 9.83. The SMILES string of the molecule is Cc1cc2c(cc1-c1cc(-c3ccc(F)cc3)cc[n+]1C)-c1cccnc1C2(C)C. The van der Waals surface area contributed by atoms with Crippen LogP contribution in [-0.2, 0) is 12.5 Å². The number of fused-ring (bicyclic) bond motifs is 3. The van der Waals surface area contributed by atoms with E-state index in [1.165, 1.54) is 39.9 Å². The maximum Gasteiger partial charge on any atom is 0.213 e. The molecule has 0 atom stereocenters. The van der Waals surface area contributed by atoms with Gasteiger partial charge in [0.2, 0.25) is 5.69 Å². The molecule has 0 fully saturated rings. The Bertz CT molecular complexity index is 1290. The maximum atomic E-state index is 13.4. The van der Waals surface area contributed by atoms with Gasteiger partial charge < -0.3 is 0 Å². The molecule has 2 aromatic carbocycles. The normalized spacial score (nSPS) is 13.8. The van der Waals surface area contributed by atoms with Crippen LogP contribution >= 0.6 is 0 Å². The molecule has 1 aliphatic carbocycles. The third-order valence-corrected chi connectivity index (χ3v) is 6.33. The summed E-state index contributed by atoms with van der Waals surface area (Å²) in [6, 6.07) is 19.7. The van der Waals surface area contributed by atoms with Crippen molar-refractivity contribution in [2.45, 2.75) is 26.2 Å². The van der Waals surface area contributed by atoms with Gasteiger partial charge in [-0.1, -0.05) is 38.1 Å². The van der Waals surface area contributed by atoms with Gasteiger partial charge in [-0.2, -0.15) is 0 Å². The minimum Gasteiger partial charge on any atom is -0.260 e. The van der Waals surface area contributed by atoms with E-state index in [-0.39, 0.29) is 11.2 Å². The van der Waals surface area contributed by atoms with Crippen LogP contribution < -0.4 is 4.57 Å². The van der Waals surface area contributed by atoms with Crippen molar-refractivity contribution in [1.82, 2.24) is 4.98 Å². The largest absolute Gasteiger partial charge is 0.260 e. The van der Waals surface area contributed by atoms with Crippen molar-refractivity contribution in [3.05, 3.63) is 95.7 Å². The van der Waals surface area contributed by atoms with E-state index in [4.69, 9.17) is 4.98 Å². The number of hydrogen-bond donors (Lipinski definition) is 0. The van der Waals surface area contributed by atoms with Gasteiger partial charge in [0.1, 0.15) is 12.9 Å². The van der Waals surface area contributed by atoms with Gasteiger partial charge in [-0.3, -0.25) is 4.98 Å². The molecular weight excluding hydrogens is 371 g/mol. The molecule has 0 N–H and O–H groups in total. The van der Waals surface area contributed by atoms with Crippen LogP contribution in [0.3, 0.4) is 0 Å². The summed E-state index contributed by atoms with van der Waals surface area (Å²) in [4.78, 5) is 4.70. The Balaban J connectivity index is 1.70. The van der Waals surface area contributed by atoms with Crippen LogP contribution in [-0.4, -0.2) is 4.98 Å². The van der Waals surface area contributed by atoms with Crippen molar-refractivity contribution in [1.29, 1.82) is 0 Å². The van der Waals surface area contributed by atoms with Crippen molar-refractivity contribution in [2.75, 3.05) is 0 Å². The molecule has 0 saturated heterocycles. The van der Waals surface area contributed by atoms with Crippen LogP contribution in [0.25, 0.3) is 33.5 Å². The topological polar surface area (TPSA) is 16.8 Å². The van der Waals surface area contributed by atoms with Crippen LogP contribution in [0.4, 0.5) is 4.39 Å². The summed E-state index contributed by atoms with van der Waals surface area (Å²) in [5, 5.41) is 0. The van der Waals surface area contributed by atoms with Crippen molar-refractivity contribution in [3.63, 3.8) is 0 Å². The molecule has 2 heterocycles. The molecule has 3 heteroatoms. The number of aryl methyl sites for hydroxylation is 2. The molecular formula is C27H24FN2+. The lowest BCUT2D eigenvalue weighted by Crippen LogP contribution is -2.30. The molecule has 0 saturated carbocycles. The minimum absolute atomic E-state index is 0.104. The molecule has 2 aromatic heterocycles. The lowest BCUT2D eigenvalue weighted by Gasteiger charge is -2.21. The molecule has 0 spiro atoms. The Kier molecular flexibility index (Phi) is 4.11. The summed E-state index contributed by atoms with van der Waals surface area (Å²) >= 11 is 0. The van der Waals surface area contributed by atoms with E-state index in [9.17, 15) is 4.39 Å². The molecule has 0 aliphatic heterocycles. The van der Waals surface area contributed by atoms with Crippen molar-refractivity contribution in [2.24, 2.45) is 7.05 Å². The first-order chi connectivity index (χ1) is 14.4. The minimum atomic E-state index is -0.218. The highest BCUT2D eigenvalue weighted by molar-refractivity contribution is 5.84. The number of halogens is 1. The summed E-state index contributed by atoms with van der Waals surface area (Å²) in [6.45, 7) is 6.67. The molecule has 1 aliphatic rings. The summed E-state index contributed by atoms with van der Waals surface area (Å²) in [6.07, 6.45) is 3.95. The van der Waals surface area contributed by atoms with E-state index >= 15 is 0 Å². The zero-order chi connectivity index (χ0) is 21.0. The second kappa shape index (κ2) is 6.60. The fourth-order valence-electron chi connectivity index (χ4n) is 4.63. The van der Waals surface area contributed by atoms with E-state index in [1.54, 1.807) is 0 Å². The monoisotopic (exact) mass is 395 g/mol. The molecule has 0 unspecified atom stereocenters. The zero-order valence-corrected chi connectivity index (χ0v) is 17.7. The molecule has 148 valence electrons. The number of rotatable bonds is 2. The first-order valence-corrected chi connectivity index (χ1v) is 10.2. The van der Waals surface area contributed by atoms with Gasteiger partial charge in [0, 0.05) is 34.9 Å². The van der Waals surface area contributed by atoms with Gasteiger partial charge >= 0.3 is 0 Å². The van der Waals surface area contributed by atoms with Gasteiger partial charge in [0.15, 0.2) is 6.20 Å². The van der Waals surface area contributed by atoms with Crippen molar-refractivity contribution < 1.29 is 8.96 Å². The van der Waals surface area contributed by atoms with Gasteiger partial charge in [-0.15, -0.1) is 0 Å². The van der Waals surface area contributed by atoms with Crippen LogP contribution in [0.1, 0.15) is 30.7 Å².